The summed E-state index contributed by atoms with van der Waals surface area (Å²) in [6, 6.07) is 10.8. The van der Waals surface area contributed by atoms with Gasteiger partial charge in [-0.15, -0.1) is 0 Å². The fraction of sp³-hybridized carbons (Fsp3) is 0.478. The molecule has 0 radical (unpaired) electrons. The lowest BCUT2D eigenvalue weighted by atomic mass is 10.1. The van der Waals surface area contributed by atoms with Gasteiger partial charge in [-0.05, 0) is 62.4 Å². The number of hydrogen-bond acceptors (Lipinski definition) is 4. The summed E-state index contributed by atoms with van der Waals surface area (Å²) in [5, 5.41) is 0. The Balaban J connectivity index is 1.64. The molecule has 1 saturated heterocycles. The van der Waals surface area contributed by atoms with E-state index in [2.05, 4.69) is 4.98 Å². The first-order valence-corrected chi connectivity index (χ1v) is 12.2. The van der Waals surface area contributed by atoms with Gasteiger partial charge >= 0.3 is 0 Å². The first kappa shape index (κ1) is 22.4. The molecule has 162 valence electrons. The largest absolute Gasteiger partial charge is 0.297 e. The van der Waals surface area contributed by atoms with Crippen molar-refractivity contribution in [1.29, 1.82) is 0 Å². The zero-order valence-electron chi connectivity index (χ0n) is 17.9. The second-order valence-electron chi connectivity index (χ2n) is 7.74. The molecule has 0 atom stereocenters. The highest BCUT2D eigenvalue weighted by Gasteiger charge is 2.25. The second-order valence-corrected chi connectivity index (χ2v) is 9.68. The summed E-state index contributed by atoms with van der Waals surface area (Å²) in [6.45, 7) is 5.64. The van der Waals surface area contributed by atoms with E-state index in [-0.39, 0.29) is 5.91 Å². The molecule has 0 aliphatic carbocycles. The highest BCUT2D eigenvalue weighted by molar-refractivity contribution is 7.89. The first-order chi connectivity index (χ1) is 14.4. The van der Waals surface area contributed by atoms with E-state index in [0.29, 0.717) is 43.2 Å². The van der Waals surface area contributed by atoms with Crippen molar-refractivity contribution >= 4 is 21.7 Å². The SMILES string of the molecule is CCN(C(=O)CCc1ccc(S(=O)(=O)N2CCCCCC2)cc1)c1ncccc1C. The number of aryl methyl sites for hydroxylation is 2. The summed E-state index contributed by atoms with van der Waals surface area (Å²) in [4.78, 5) is 19.1. The molecule has 1 aliphatic heterocycles. The minimum atomic E-state index is -3.44. The van der Waals surface area contributed by atoms with E-state index >= 15 is 0 Å². The molecule has 0 N–H and O–H groups in total. The monoisotopic (exact) mass is 429 g/mol. The Morgan fingerprint density at radius 1 is 1.07 bits per heavy atom. The number of carbonyl (C=O) groups is 1. The topological polar surface area (TPSA) is 70.6 Å². The van der Waals surface area contributed by atoms with Crippen LogP contribution < -0.4 is 4.90 Å². The van der Waals surface area contributed by atoms with Gasteiger partial charge in [0.25, 0.3) is 0 Å². The third-order valence-electron chi connectivity index (χ3n) is 5.61. The molecular formula is C23H31N3O3S. The lowest BCUT2D eigenvalue weighted by Gasteiger charge is -2.22. The van der Waals surface area contributed by atoms with Gasteiger partial charge in [-0.1, -0.05) is 31.0 Å². The molecule has 2 heterocycles. The molecule has 1 aromatic heterocycles. The van der Waals surface area contributed by atoms with Crippen LogP contribution in [-0.4, -0.2) is 43.2 Å². The van der Waals surface area contributed by atoms with Crippen LogP contribution in [0.15, 0.2) is 47.5 Å². The van der Waals surface area contributed by atoms with Crippen molar-refractivity contribution in [2.45, 2.75) is 57.3 Å². The highest BCUT2D eigenvalue weighted by atomic mass is 32.2. The Bertz CT molecular complexity index is 950. The Hall–Kier alpha value is -2.25. The van der Waals surface area contributed by atoms with Crippen LogP contribution in [0.3, 0.4) is 0 Å². The van der Waals surface area contributed by atoms with Crippen LogP contribution in [0.25, 0.3) is 0 Å². The molecule has 6 nitrogen and oxygen atoms in total. The molecule has 1 aliphatic rings. The second kappa shape index (κ2) is 10.2. The van der Waals surface area contributed by atoms with Crippen LogP contribution in [0, 0.1) is 6.92 Å². The molecule has 3 rings (SSSR count). The van der Waals surface area contributed by atoms with Crippen LogP contribution in [0.4, 0.5) is 5.82 Å². The summed E-state index contributed by atoms with van der Waals surface area (Å²) in [6.07, 6.45) is 6.62. The maximum atomic E-state index is 12.9. The quantitative estimate of drug-likeness (QED) is 0.668. The average molecular weight is 430 g/mol. The standard InChI is InChI=1S/C23H31N3O3S/c1-3-26(23-19(2)9-8-16-24-23)22(27)15-12-20-10-13-21(14-11-20)30(28,29)25-17-6-4-5-7-18-25/h8-11,13-14,16H,3-7,12,15,17-18H2,1-2H3. The van der Waals surface area contributed by atoms with Gasteiger partial charge in [-0.3, -0.25) is 9.69 Å². The number of sulfonamides is 1. The van der Waals surface area contributed by atoms with Gasteiger partial charge in [0.1, 0.15) is 5.82 Å². The van der Waals surface area contributed by atoms with Gasteiger partial charge in [-0.2, -0.15) is 4.31 Å². The van der Waals surface area contributed by atoms with E-state index in [4.69, 9.17) is 0 Å². The minimum absolute atomic E-state index is 0.0144. The van der Waals surface area contributed by atoms with Gasteiger partial charge in [0, 0.05) is 32.3 Å². The minimum Gasteiger partial charge on any atom is -0.297 e. The number of carbonyl (C=O) groups excluding carboxylic acids is 1. The van der Waals surface area contributed by atoms with Crippen LogP contribution in [-0.2, 0) is 21.2 Å². The van der Waals surface area contributed by atoms with Crippen molar-refractivity contribution in [2.75, 3.05) is 24.5 Å². The molecule has 0 spiro atoms. The van der Waals surface area contributed by atoms with Gasteiger partial charge in [0.05, 0.1) is 4.90 Å². The van der Waals surface area contributed by atoms with Crippen LogP contribution in [0.2, 0.25) is 0 Å². The highest BCUT2D eigenvalue weighted by Crippen LogP contribution is 2.22. The van der Waals surface area contributed by atoms with Crippen LogP contribution >= 0.6 is 0 Å². The van der Waals surface area contributed by atoms with E-state index < -0.39 is 10.0 Å². The third kappa shape index (κ3) is 5.26. The molecule has 1 fully saturated rings. The van der Waals surface area contributed by atoms with Crippen LogP contribution in [0.1, 0.15) is 50.2 Å². The van der Waals surface area contributed by atoms with Crippen molar-refractivity contribution in [3.05, 3.63) is 53.7 Å². The Kier molecular flexibility index (Phi) is 7.61. The molecule has 30 heavy (non-hydrogen) atoms. The van der Waals surface area contributed by atoms with Crippen molar-refractivity contribution in [1.82, 2.24) is 9.29 Å². The van der Waals surface area contributed by atoms with Gasteiger partial charge in [0.2, 0.25) is 15.9 Å². The third-order valence-corrected chi connectivity index (χ3v) is 7.52. The fourth-order valence-corrected chi connectivity index (χ4v) is 5.37. The van der Waals surface area contributed by atoms with Gasteiger partial charge < -0.3 is 0 Å². The van der Waals surface area contributed by atoms with Crippen LogP contribution in [0.5, 0.6) is 0 Å². The molecule has 0 unspecified atom stereocenters. The molecule has 0 saturated carbocycles. The van der Waals surface area contributed by atoms with Crippen molar-refractivity contribution in [3.8, 4) is 0 Å². The number of pyridine rings is 1. The number of anilines is 1. The van der Waals surface area contributed by atoms with E-state index in [1.54, 1.807) is 27.5 Å². The van der Waals surface area contributed by atoms with E-state index in [1.807, 2.05) is 38.1 Å². The van der Waals surface area contributed by atoms with Crippen molar-refractivity contribution in [2.24, 2.45) is 0 Å². The zero-order valence-corrected chi connectivity index (χ0v) is 18.7. The number of nitrogens with zero attached hydrogens (tertiary/aromatic N) is 3. The normalized spacial score (nSPS) is 15.5. The average Bonchev–Trinajstić information content (AvgIpc) is 3.05. The Morgan fingerprint density at radius 2 is 1.73 bits per heavy atom. The van der Waals surface area contributed by atoms with Crippen molar-refractivity contribution in [3.63, 3.8) is 0 Å². The smallest absolute Gasteiger partial charge is 0.243 e. The summed E-state index contributed by atoms with van der Waals surface area (Å²) in [5.41, 5.74) is 1.92. The number of rotatable bonds is 7. The number of benzene rings is 1. The van der Waals surface area contributed by atoms with Gasteiger partial charge in [0.15, 0.2) is 0 Å². The predicted molar refractivity (Wildman–Crippen MR) is 119 cm³/mol. The maximum absolute atomic E-state index is 12.9. The lowest BCUT2D eigenvalue weighted by Crippen LogP contribution is -2.32. The summed E-state index contributed by atoms with van der Waals surface area (Å²) < 4.78 is 27.4. The first-order valence-electron chi connectivity index (χ1n) is 10.7. The van der Waals surface area contributed by atoms with E-state index in [1.165, 1.54) is 0 Å². The predicted octanol–water partition coefficient (Wildman–Crippen LogP) is 3.94. The fourth-order valence-electron chi connectivity index (χ4n) is 3.85. The molecular weight excluding hydrogens is 398 g/mol. The van der Waals surface area contributed by atoms with E-state index in [9.17, 15) is 13.2 Å². The zero-order chi connectivity index (χ0) is 21.6. The molecule has 1 aromatic carbocycles. The summed E-state index contributed by atoms with van der Waals surface area (Å²) in [5.74, 6) is 0.712. The number of amides is 1. The maximum Gasteiger partial charge on any atom is 0.243 e. The molecule has 7 heteroatoms. The Morgan fingerprint density at radius 3 is 2.33 bits per heavy atom. The number of hydrogen-bond donors (Lipinski definition) is 0. The molecule has 2 aromatic rings. The molecule has 0 bridgehead atoms. The summed E-state index contributed by atoms with van der Waals surface area (Å²) >= 11 is 0. The molecule has 1 amide bonds. The Labute approximate surface area is 180 Å². The van der Waals surface area contributed by atoms with Gasteiger partial charge in [-0.25, -0.2) is 13.4 Å². The van der Waals surface area contributed by atoms with E-state index in [0.717, 1.165) is 36.8 Å². The summed E-state index contributed by atoms with van der Waals surface area (Å²) in [7, 11) is -3.44. The number of aromatic nitrogens is 1. The van der Waals surface area contributed by atoms with Crippen molar-refractivity contribution < 1.29 is 13.2 Å². The lowest BCUT2D eigenvalue weighted by molar-refractivity contribution is -0.118.